The molecule has 0 bridgehead atoms. The first-order valence-corrected chi connectivity index (χ1v) is 7.85. The van der Waals surface area contributed by atoms with Gasteiger partial charge in [0.25, 0.3) is 0 Å². The molecule has 2 rings (SSSR count). The minimum atomic E-state index is 0.321. The normalized spacial score (nSPS) is 18.4. The quantitative estimate of drug-likeness (QED) is 0.837. The lowest BCUT2D eigenvalue weighted by atomic mass is 9.88. The molecule has 0 atom stereocenters. The molecule has 3 nitrogen and oxygen atoms in total. The standard InChI is InChI=1S/C13H21BrClN3/c1-10-12(14)11(18(2)17-10)7-16-9-13(8-15)5-3-4-6-13/h16H,3-9H2,1-2H3. The van der Waals surface area contributed by atoms with E-state index < -0.39 is 0 Å². The average molecular weight is 335 g/mol. The second-order valence-corrected chi connectivity index (χ2v) is 6.47. The van der Waals surface area contributed by atoms with E-state index in [0.717, 1.165) is 29.1 Å². The second-order valence-electron chi connectivity index (χ2n) is 5.41. The highest BCUT2D eigenvalue weighted by atomic mass is 79.9. The third-order valence-corrected chi connectivity index (χ3v) is 5.60. The van der Waals surface area contributed by atoms with Crippen molar-refractivity contribution in [2.75, 3.05) is 12.4 Å². The van der Waals surface area contributed by atoms with Crippen LogP contribution >= 0.6 is 27.5 Å². The van der Waals surface area contributed by atoms with Gasteiger partial charge in [0.1, 0.15) is 0 Å². The van der Waals surface area contributed by atoms with Gasteiger partial charge in [-0.2, -0.15) is 5.10 Å². The van der Waals surface area contributed by atoms with Crippen LogP contribution in [0.15, 0.2) is 4.47 Å². The maximum Gasteiger partial charge on any atom is 0.0739 e. The Morgan fingerprint density at radius 1 is 1.44 bits per heavy atom. The minimum Gasteiger partial charge on any atom is -0.311 e. The summed E-state index contributed by atoms with van der Waals surface area (Å²) in [5, 5.41) is 7.96. The van der Waals surface area contributed by atoms with Crippen LogP contribution in [-0.2, 0) is 13.6 Å². The van der Waals surface area contributed by atoms with E-state index in [1.165, 1.54) is 31.4 Å². The summed E-state index contributed by atoms with van der Waals surface area (Å²) in [7, 11) is 1.99. The largest absolute Gasteiger partial charge is 0.311 e. The highest BCUT2D eigenvalue weighted by Crippen LogP contribution is 2.38. The van der Waals surface area contributed by atoms with E-state index in [1.54, 1.807) is 0 Å². The molecule has 1 aromatic heterocycles. The van der Waals surface area contributed by atoms with Crippen molar-refractivity contribution in [3.63, 3.8) is 0 Å². The summed E-state index contributed by atoms with van der Waals surface area (Å²) in [6.45, 7) is 3.87. The fourth-order valence-corrected chi connectivity index (χ4v) is 3.64. The van der Waals surface area contributed by atoms with E-state index in [-0.39, 0.29) is 0 Å². The van der Waals surface area contributed by atoms with E-state index in [4.69, 9.17) is 11.6 Å². The molecule has 1 aliphatic rings. The first kappa shape index (κ1) is 14.4. The molecular weight excluding hydrogens is 314 g/mol. The van der Waals surface area contributed by atoms with Crippen LogP contribution in [-0.4, -0.2) is 22.2 Å². The molecule has 0 aliphatic heterocycles. The van der Waals surface area contributed by atoms with Crippen molar-refractivity contribution in [3.8, 4) is 0 Å². The van der Waals surface area contributed by atoms with Gasteiger partial charge in [0.05, 0.1) is 15.9 Å². The summed E-state index contributed by atoms with van der Waals surface area (Å²) >= 11 is 9.74. The van der Waals surface area contributed by atoms with Crippen molar-refractivity contribution in [2.45, 2.75) is 39.2 Å². The zero-order chi connectivity index (χ0) is 13.2. The summed E-state index contributed by atoms with van der Waals surface area (Å²) in [4.78, 5) is 0. The molecule has 0 radical (unpaired) electrons. The van der Waals surface area contributed by atoms with Crippen LogP contribution < -0.4 is 5.32 Å². The van der Waals surface area contributed by atoms with Gasteiger partial charge >= 0.3 is 0 Å². The van der Waals surface area contributed by atoms with Crippen LogP contribution in [0.2, 0.25) is 0 Å². The van der Waals surface area contributed by atoms with Crippen LogP contribution in [0.25, 0.3) is 0 Å². The predicted octanol–water partition coefficient (Wildman–Crippen LogP) is 3.38. The number of nitrogens with zero attached hydrogens (tertiary/aromatic N) is 2. The highest BCUT2D eigenvalue weighted by molar-refractivity contribution is 9.10. The Morgan fingerprint density at radius 2 is 2.11 bits per heavy atom. The summed E-state index contributed by atoms with van der Waals surface area (Å²) in [5.41, 5.74) is 2.57. The van der Waals surface area contributed by atoms with Crippen molar-refractivity contribution < 1.29 is 0 Å². The maximum atomic E-state index is 6.15. The van der Waals surface area contributed by atoms with E-state index >= 15 is 0 Å². The third-order valence-electron chi connectivity index (χ3n) is 4.00. The number of aromatic nitrogens is 2. The zero-order valence-corrected chi connectivity index (χ0v) is 13.4. The van der Waals surface area contributed by atoms with Crippen molar-refractivity contribution in [1.82, 2.24) is 15.1 Å². The summed E-state index contributed by atoms with van der Waals surface area (Å²) in [6.07, 6.45) is 5.16. The fourth-order valence-electron chi connectivity index (χ4n) is 2.80. The van der Waals surface area contributed by atoms with Gasteiger partial charge < -0.3 is 5.32 Å². The van der Waals surface area contributed by atoms with Gasteiger partial charge in [0.15, 0.2) is 0 Å². The molecule has 18 heavy (non-hydrogen) atoms. The molecule has 1 aromatic rings. The molecule has 1 heterocycles. The third kappa shape index (κ3) is 2.91. The summed E-state index contributed by atoms with van der Waals surface area (Å²) in [6, 6.07) is 0. The van der Waals surface area contributed by atoms with E-state index in [9.17, 15) is 0 Å². The first-order chi connectivity index (χ1) is 8.58. The SMILES string of the molecule is Cc1nn(C)c(CNCC2(CCl)CCCC2)c1Br. The van der Waals surface area contributed by atoms with Gasteiger partial charge in [-0.15, -0.1) is 11.6 Å². The topological polar surface area (TPSA) is 29.9 Å². The molecule has 1 aliphatic carbocycles. The maximum absolute atomic E-state index is 6.15. The van der Waals surface area contributed by atoms with E-state index in [0.29, 0.717) is 5.41 Å². The number of hydrogen-bond donors (Lipinski definition) is 1. The monoisotopic (exact) mass is 333 g/mol. The van der Waals surface area contributed by atoms with Gasteiger partial charge in [0, 0.05) is 26.0 Å². The molecule has 5 heteroatoms. The van der Waals surface area contributed by atoms with E-state index in [2.05, 4.69) is 26.3 Å². The number of nitrogens with one attached hydrogen (secondary N) is 1. The lowest BCUT2D eigenvalue weighted by Crippen LogP contribution is -2.33. The van der Waals surface area contributed by atoms with Gasteiger partial charge in [-0.05, 0) is 41.1 Å². The smallest absolute Gasteiger partial charge is 0.0739 e. The van der Waals surface area contributed by atoms with Crippen molar-refractivity contribution in [3.05, 3.63) is 15.9 Å². The molecule has 0 aromatic carbocycles. The fraction of sp³-hybridized carbons (Fsp3) is 0.769. The average Bonchev–Trinajstić information content (AvgIpc) is 2.91. The van der Waals surface area contributed by atoms with Crippen LogP contribution in [0.3, 0.4) is 0 Å². The Hall–Kier alpha value is -0.0600. The number of alkyl halides is 1. The predicted molar refractivity (Wildman–Crippen MR) is 79.0 cm³/mol. The van der Waals surface area contributed by atoms with Gasteiger partial charge in [0.2, 0.25) is 0 Å². The molecule has 0 spiro atoms. The van der Waals surface area contributed by atoms with Gasteiger partial charge in [-0.25, -0.2) is 0 Å². The Morgan fingerprint density at radius 3 is 2.61 bits per heavy atom. The lowest BCUT2D eigenvalue weighted by molar-refractivity contribution is 0.318. The number of hydrogen-bond acceptors (Lipinski definition) is 2. The van der Waals surface area contributed by atoms with Gasteiger partial charge in [-0.3, -0.25) is 4.68 Å². The molecular formula is C13H21BrClN3. The first-order valence-electron chi connectivity index (χ1n) is 6.53. The van der Waals surface area contributed by atoms with Crippen LogP contribution in [0.1, 0.15) is 37.1 Å². The van der Waals surface area contributed by atoms with Crippen LogP contribution in [0.5, 0.6) is 0 Å². The summed E-state index contributed by atoms with van der Waals surface area (Å²) in [5.74, 6) is 0.769. The second kappa shape index (κ2) is 5.93. The highest BCUT2D eigenvalue weighted by Gasteiger charge is 2.32. The zero-order valence-electron chi connectivity index (χ0n) is 11.1. The molecule has 0 saturated heterocycles. The van der Waals surface area contributed by atoms with Crippen molar-refractivity contribution >= 4 is 27.5 Å². The van der Waals surface area contributed by atoms with Crippen molar-refractivity contribution in [2.24, 2.45) is 12.5 Å². The molecule has 1 saturated carbocycles. The van der Waals surface area contributed by atoms with Gasteiger partial charge in [-0.1, -0.05) is 12.8 Å². The van der Waals surface area contributed by atoms with E-state index in [1.807, 2.05) is 18.7 Å². The Kier molecular flexibility index (Phi) is 4.73. The van der Waals surface area contributed by atoms with Crippen LogP contribution in [0.4, 0.5) is 0 Å². The molecule has 1 fully saturated rings. The minimum absolute atomic E-state index is 0.321. The lowest BCUT2D eigenvalue weighted by Gasteiger charge is -2.26. The Labute approximate surface area is 122 Å². The molecule has 0 amide bonds. The molecule has 1 N–H and O–H groups in total. The Bertz CT molecular complexity index is 411. The Balaban J connectivity index is 1.92. The number of aryl methyl sites for hydroxylation is 2. The number of rotatable bonds is 5. The van der Waals surface area contributed by atoms with Crippen molar-refractivity contribution in [1.29, 1.82) is 0 Å². The molecule has 0 unspecified atom stereocenters. The molecule has 102 valence electrons. The van der Waals surface area contributed by atoms with Crippen LogP contribution in [0, 0.1) is 12.3 Å². The summed E-state index contributed by atoms with van der Waals surface area (Å²) < 4.78 is 3.05. The number of halogens is 2.